The maximum atomic E-state index is 9.32. The van der Waals surface area contributed by atoms with E-state index in [1.807, 2.05) is 30.3 Å². The van der Waals surface area contributed by atoms with E-state index in [4.69, 9.17) is 4.74 Å². The molecule has 0 saturated carbocycles. The second-order valence-electron chi connectivity index (χ2n) is 6.57. The lowest BCUT2D eigenvalue weighted by atomic mass is 10.0. The second-order valence-corrected chi connectivity index (χ2v) is 6.57. The van der Waals surface area contributed by atoms with Crippen molar-refractivity contribution >= 4 is 0 Å². The molecule has 2 saturated heterocycles. The molecule has 0 aromatic heterocycles. The standard InChI is InChI=1S/C20H20N2O/c21-13-14-8-16(15-4-2-1-3-5-15)10-19(9-14)23-20-11-17-6-7-18(12-20)22-17/h1-5,8-10,17-18,20,22H,6-7,11-12H2/t17-,18+,20?. The van der Waals surface area contributed by atoms with Crippen molar-refractivity contribution in [3.8, 4) is 22.9 Å². The van der Waals surface area contributed by atoms with Gasteiger partial charge >= 0.3 is 0 Å². The maximum Gasteiger partial charge on any atom is 0.121 e. The topological polar surface area (TPSA) is 45.0 Å². The highest BCUT2D eigenvalue weighted by atomic mass is 16.5. The number of fused-ring (bicyclic) bond motifs is 2. The Morgan fingerprint density at radius 2 is 1.70 bits per heavy atom. The molecule has 2 bridgehead atoms. The van der Waals surface area contributed by atoms with Gasteiger partial charge in [-0.25, -0.2) is 0 Å². The Balaban J connectivity index is 1.60. The van der Waals surface area contributed by atoms with Crippen molar-refractivity contribution in [1.82, 2.24) is 5.32 Å². The summed E-state index contributed by atoms with van der Waals surface area (Å²) < 4.78 is 6.25. The Labute approximate surface area is 136 Å². The molecule has 0 aliphatic carbocycles. The van der Waals surface area contributed by atoms with Crippen LogP contribution in [0.2, 0.25) is 0 Å². The molecule has 0 amide bonds. The van der Waals surface area contributed by atoms with Crippen LogP contribution in [0.1, 0.15) is 31.2 Å². The van der Waals surface area contributed by atoms with Gasteiger partial charge < -0.3 is 10.1 Å². The molecular weight excluding hydrogens is 284 g/mol. The maximum absolute atomic E-state index is 9.32. The van der Waals surface area contributed by atoms with Gasteiger partial charge in [0.05, 0.1) is 11.6 Å². The van der Waals surface area contributed by atoms with Crippen LogP contribution in [0.25, 0.3) is 11.1 Å². The van der Waals surface area contributed by atoms with Gasteiger partial charge in [-0.2, -0.15) is 5.26 Å². The van der Waals surface area contributed by atoms with Gasteiger partial charge in [0.15, 0.2) is 0 Å². The van der Waals surface area contributed by atoms with Crippen LogP contribution in [0, 0.1) is 11.3 Å². The van der Waals surface area contributed by atoms with Crippen LogP contribution < -0.4 is 10.1 Å². The summed E-state index contributed by atoms with van der Waals surface area (Å²) in [6.45, 7) is 0. The predicted molar refractivity (Wildman–Crippen MR) is 90.2 cm³/mol. The summed E-state index contributed by atoms with van der Waals surface area (Å²) in [6.07, 6.45) is 4.91. The van der Waals surface area contributed by atoms with E-state index in [9.17, 15) is 5.26 Å². The summed E-state index contributed by atoms with van der Waals surface area (Å²) in [5.74, 6) is 0.814. The van der Waals surface area contributed by atoms with E-state index in [-0.39, 0.29) is 6.10 Å². The summed E-state index contributed by atoms with van der Waals surface area (Å²) >= 11 is 0. The smallest absolute Gasteiger partial charge is 0.121 e. The largest absolute Gasteiger partial charge is 0.490 e. The zero-order valence-corrected chi connectivity index (χ0v) is 13.0. The van der Waals surface area contributed by atoms with Gasteiger partial charge in [0.1, 0.15) is 11.9 Å². The highest BCUT2D eigenvalue weighted by molar-refractivity contribution is 5.67. The number of nitriles is 1. The van der Waals surface area contributed by atoms with Crippen LogP contribution in [0.15, 0.2) is 48.5 Å². The molecule has 2 aromatic carbocycles. The third-order valence-electron chi connectivity index (χ3n) is 4.88. The second kappa shape index (κ2) is 6.06. The van der Waals surface area contributed by atoms with Crippen LogP contribution in [-0.2, 0) is 0 Å². The zero-order chi connectivity index (χ0) is 15.6. The van der Waals surface area contributed by atoms with Gasteiger partial charge in [0.2, 0.25) is 0 Å². The highest BCUT2D eigenvalue weighted by Gasteiger charge is 2.34. The minimum absolute atomic E-state index is 0.256. The molecule has 3 atom stereocenters. The molecule has 1 unspecified atom stereocenters. The van der Waals surface area contributed by atoms with Crippen molar-refractivity contribution in [1.29, 1.82) is 5.26 Å². The Kier molecular flexibility index (Phi) is 3.77. The normalized spacial score (nSPS) is 25.8. The Bertz CT molecular complexity index is 723. The van der Waals surface area contributed by atoms with Gasteiger partial charge in [0.25, 0.3) is 0 Å². The fourth-order valence-electron chi connectivity index (χ4n) is 3.82. The Morgan fingerprint density at radius 1 is 0.957 bits per heavy atom. The molecule has 2 aliphatic rings. The third kappa shape index (κ3) is 3.09. The quantitative estimate of drug-likeness (QED) is 0.935. The van der Waals surface area contributed by atoms with Crippen LogP contribution in [0.4, 0.5) is 0 Å². The minimum atomic E-state index is 0.256. The molecule has 2 fully saturated rings. The lowest BCUT2D eigenvalue weighted by Crippen LogP contribution is -2.42. The van der Waals surface area contributed by atoms with Crippen molar-refractivity contribution in [3.05, 3.63) is 54.1 Å². The molecular formula is C20H20N2O. The molecule has 1 N–H and O–H groups in total. The van der Waals surface area contributed by atoms with E-state index in [0.29, 0.717) is 17.6 Å². The minimum Gasteiger partial charge on any atom is -0.490 e. The number of hydrogen-bond donors (Lipinski definition) is 1. The van der Waals surface area contributed by atoms with Crippen molar-refractivity contribution in [2.75, 3.05) is 0 Å². The van der Waals surface area contributed by atoms with E-state index in [0.717, 1.165) is 29.7 Å². The highest BCUT2D eigenvalue weighted by Crippen LogP contribution is 2.32. The molecule has 23 heavy (non-hydrogen) atoms. The van der Waals surface area contributed by atoms with Gasteiger partial charge in [-0.15, -0.1) is 0 Å². The number of hydrogen-bond acceptors (Lipinski definition) is 3. The first-order valence-corrected chi connectivity index (χ1v) is 8.33. The van der Waals surface area contributed by atoms with Crippen molar-refractivity contribution < 1.29 is 4.74 Å². The van der Waals surface area contributed by atoms with E-state index in [1.54, 1.807) is 0 Å². The fraction of sp³-hybridized carbons (Fsp3) is 0.350. The average molecular weight is 304 g/mol. The molecule has 0 radical (unpaired) electrons. The van der Waals surface area contributed by atoms with E-state index < -0.39 is 0 Å². The number of nitrogens with one attached hydrogen (secondary N) is 1. The lowest BCUT2D eigenvalue weighted by Gasteiger charge is -2.29. The Morgan fingerprint density at radius 3 is 2.39 bits per heavy atom. The number of rotatable bonds is 3. The molecule has 0 spiro atoms. The molecule has 3 heteroatoms. The summed E-state index contributed by atoms with van der Waals surface area (Å²) in [4.78, 5) is 0. The molecule has 2 aromatic rings. The predicted octanol–water partition coefficient (Wildman–Crippen LogP) is 3.89. The first-order valence-electron chi connectivity index (χ1n) is 8.33. The average Bonchev–Trinajstić information content (AvgIpc) is 2.94. The lowest BCUT2D eigenvalue weighted by molar-refractivity contribution is 0.137. The molecule has 4 rings (SSSR count). The fourth-order valence-corrected chi connectivity index (χ4v) is 3.82. The first-order chi connectivity index (χ1) is 11.3. The van der Waals surface area contributed by atoms with Crippen molar-refractivity contribution in [2.24, 2.45) is 0 Å². The van der Waals surface area contributed by atoms with Crippen LogP contribution in [0.3, 0.4) is 0 Å². The molecule has 2 aliphatic heterocycles. The van der Waals surface area contributed by atoms with E-state index in [2.05, 4.69) is 29.6 Å². The van der Waals surface area contributed by atoms with Crippen LogP contribution >= 0.6 is 0 Å². The van der Waals surface area contributed by atoms with Crippen LogP contribution in [0.5, 0.6) is 5.75 Å². The molecule has 2 heterocycles. The van der Waals surface area contributed by atoms with E-state index >= 15 is 0 Å². The first kappa shape index (κ1) is 14.3. The monoisotopic (exact) mass is 304 g/mol. The van der Waals surface area contributed by atoms with Gasteiger partial charge in [0, 0.05) is 12.1 Å². The summed E-state index contributed by atoms with van der Waals surface area (Å²) in [5, 5.41) is 13.0. The van der Waals surface area contributed by atoms with Gasteiger partial charge in [-0.05, 0) is 55.0 Å². The third-order valence-corrected chi connectivity index (χ3v) is 4.88. The van der Waals surface area contributed by atoms with E-state index in [1.165, 1.54) is 12.8 Å². The number of piperidine rings is 1. The molecule has 3 nitrogen and oxygen atoms in total. The number of nitrogens with zero attached hydrogens (tertiary/aromatic N) is 1. The van der Waals surface area contributed by atoms with Crippen molar-refractivity contribution in [3.63, 3.8) is 0 Å². The van der Waals surface area contributed by atoms with Crippen LogP contribution in [-0.4, -0.2) is 18.2 Å². The Hall–Kier alpha value is -2.31. The SMILES string of the molecule is N#Cc1cc(OC2C[C@H]3CC[C@@H](C2)N3)cc(-c2ccccc2)c1. The summed E-state index contributed by atoms with van der Waals surface area (Å²) in [6, 6.07) is 19.4. The van der Waals surface area contributed by atoms with Gasteiger partial charge in [-0.3, -0.25) is 0 Å². The number of ether oxygens (including phenoxy) is 1. The summed E-state index contributed by atoms with van der Waals surface area (Å²) in [5.41, 5.74) is 2.80. The van der Waals surface area contributed by atoms with Crippen molar-refractivity contribution in [2.45, 2.75) is 43.9 Å². The zero-order valence-electron chi connectivity index (χ0n) is 13.0. The summed E-state index contributed by atoms with van der Waals surface area (Å²) in [7, 11) is 0. The molecule has 116 valence electrons. The van der Waals surface area contributed by atoms with Gasteiger partial charge in [-0.1, -0.05) is 30.3 Å². The number of benzene rings is 2.